The van der Waals surface area contributed by atoms with Crippen molar-refractivity contribution in [3.63, 3.8) is 0 Å². The number of aliphatic hydroxyl groups is 2. The van der Waals surface area contributed by atoms with Gasteiger partial charge in [0.05, 0.1) is 18.8 Å². The molecule has 0 fully saturated rings. The molecule has 45 heavy (non-hydrogen) atoms. The molecule has 0 amide bonds. The van der Waals surface area contributed by atoms with Crippen LogP contribution in [0.4, 0.5) is 0 Å². The second-order valence-corrected chi connectivity index (χ2v) is 13.4. The summed E-state index contributed by atoms with van der Waals surface area (Å²) in [6, 6.07) is 0. The van der Waals surface area contributed by atoms with Gasteiger partial charge in [-0.25, -0.2) is 4.57 Å². The molecule has 11 heteroatoms. The van der Waals surface area contributed by atoms with Crippen molar-refractivity contribution in [1.29, 1.82) is 0 Å². The maximum Gasteiger partial charge on any atom is 0.469 e. The van der Waals surface area contributed by atoms with Crippen molar-refractivity contribution in [2.75, 3.05) is 13.2 Å². The molecular formula is C34H65O10P. The minimum Gasteiger partial charge on any atom is -0.462 e. The number of carbonyl (C=O) groups excluding carboxylic acids is 2. The monoisotopic (exact) mass is 664 g/mol. The molecule has 0 aromatic rings. The van der Waals surface area contributed by atoms with Crippen LogP contribution in [-0.4, -0.2) is 63.5 Å². The summed E-state index contributed by atoms with van der Waals surface area (Å²) in [6.07, 6.45) is 22.5. The van der Waals surface area contributed by atoms with Crippen molar-refractivity contribution in [1.82, 2.24) is 0 Å². The van der Waals surface area contributed by atoms with Crippen molar-refractivity contribution in [2.45, 2.75) is 180 Å². The highest BCUT2D eigenvalue weighted by atomic mass is 31.2. The summed E-state index contributed by atoms with van der Waals surface area (Å²) in [6.45, 7) is 3.46. The fourth-order valence-corrected chi connectivity index (χ4v) is 5.28. The SMILES string of the molecule is CCCCC/C=C\C[C@@H](O)[C@H](O)CCCCCCCC(=O)OC[C@H](COP(=O)(O)O)OC(=O)CCCCCCCCCCCC. The zero-order chi connectivity index (χ0) is 33.6. The van der Waals surface area contributed by atoms with Crippen molar-refractivity contribution >= 4 is 19.8 Å². The Morgan fingerprint density at radius 1 is 0.644 bits per heavy atom. The number of hydrogen-bond donors (Lipinski definition) is 4. The molecule has 0 aromatic heterocycles. The normalized spacial score (nSPS) is 14.0. The lowest BCUT2D eigenvalue weighted by atomic mass is 10.0. The van der Waals surface area contributed by atoms with Crippen LogP contribution in [0.15, 0.2) is 12.2 Å². The van der Waals surface area contributed by atoms with E-state index in [2.05, 4.69) is 24.4 Å². The molecule has 0 aliphatic rings. The van der Waals surface area contributed by atoms with Gasteiger partial charge in [0, 0.05) is 12.8 Å². The van der Waals surface area contributed by atoms with Crippen molar-refractivity contribution < 1.29 is 48.2 Å². The zero-order valence-electron chi connectivity index (χ0n) is 28.2. The average Bonchev–Trinajstić information content (AvgIpc) is 2.99. The van der Waals surface area contributed by atoms with Crippen LogP contribution in [0.25, 0.3) is 0 Å². The molecule has 0 bridgehead atoms. The molecule has 0 rings (SSSR count). The van der Waals surface area contributed by atoms with Crippen LogP contribution in [0.1, 0.15) is 162 Å². The number of unbranched alkanes of at least 4 members (excludes halogenated alkanes) is 16. The molecule has 0 radical (unpaired) electrons. The molecule has 0 spiro atoms. The minimum atomic E-state index is -4.77. The van der Waals surface area contributed by atoms with Gasteiger partial charge in [-0.3, -0.25) is 14.1 Å². The van der Waals surface area contributed by atoms with Crippen LogP contribution in [0.3, 0.4) is 0 Å². The predicted octanol–water partition coefficient (Wildman–Crippen LogP) is 7.84. The zero-order valence-corrected chi connectivity index (χ0v) is 29.1. The quantitative estimate of drug-likeness (QED) is 0.0241. The topological polar surface area (TPSA) is 160 Å². The molecule has 4 N–H and O–H groups in total. The lowest BCUT2D eigenvalue weighted by molar-refractivity contribution is -0.161. The molecule has 0 saturated carbocycles. The summed E-state index contributed by atoms with van der Waals surface area (Å²) in [4.78, 5) is 42.5. The summed E-state index contributed by atoms with van der Waals surface area (Å²) < 4.78 is 26.1. The molecule has 0 unspecified atom stereocenters. The van der Waals surface area contributed by atoms with E-state index in [9.17, 15) is 24.4 Å². The Labute approximate surface area is 272 Å². The fourth-order valence-electron chi connectivity index (χ4n) is 4.92. The number of aliphatic hydroxyl groups excluding tert-OH is 2. The number of phosphoric acid groups is 1. The highest BCUT2D eigenvalue weighted by Gasteiger charge is 2.23. The van der Waals surface area contributed by atoms with E-state index < -0.39 is 44.7 Å². The van der Waals surface area contributed by atoms with Crippen LogP contribution in [0, 0.1) is 0 Å². The molecule has 0 saturated heterocycles. The van der Waals surface area contributed by atoms with Crippen LogP contribution < -0.4 is 0 Å². The van der Waals surface area contributed by atoms with Crippen molar-refractivity contribution in [3.8, 4) is 0 Å². The summed E-state index contributed by atoms with van der Waals surface area (Å²) in [7, 11) is -4.77. The third kappa shape index (κ3) is 31.1. The Morgan fingerprint density at radius 2 is 1.16 bits per heavy atom. The third-order valence-electron chi connectivity index (χ3n) is 7.73. The second kappa shape index (κ2) is 30.1. The van der Waals surface area contributed by atoms with Crippen LogP contribution in [0.5, 0.6) is 0 Å². The van der Waals surface area contributed by atoms with E-state index in [1.54, 1.807) is 0 Å². The van der Waals surface area contributed by atoms with Gasteiger partial charge in [0.2, 0.25) is 0 Å². The number of carbonyl (C=O) groups is 2. The molecule has 0 aromatic carbocycles. The van der Waals surface area contributed by atoms with E-state index in [-0.39, 0.29) is 19.4 Å². The number of allylic oxidation sites excluding steroid dienone is 1. The van der Waals surface area contributed by atoms with Gasteiger partial charge in [-0.15, -0.1) is 0 Å². The molecule has 0 aliphatic heterocycles. The second-order valence-electron chi connectivity index (χ2n) is 12.2. The van der Waals surface area contributed by atoms with Gasteiger partial charge in [0.15, 0.2) is 6.10 Å². The maximum absolute atomic E-state index is 12.3. The first-order valence-corrected chi connectivity index (χ1v) is 19.2. The van der Waals surface area contributed by atoms with Crippen LogP contribution >= 0.6 is 7.82 Å². The van der Waals surface area contributed by atoms with E-state index in [4.69, 9.17) is 19.3 Å². The number of rotatable bonds is 32. The first-order chi connectivity index (χ1) is 21.6. The number of phosphoric ester groups is 1. The standard InChI is InChI=1S/C34H65O10P/c1-3-5-7-9-11-12-13-14-18-23-27-34(38)44-30(29-43-45(39,40)41)28-42-33(37)26-22-19-15-17-21-25-32(36)31(35)24-20-16-10-8-6-4-2/h16,20,30-32,35-36H,3-15,17-19,21-29H2,1-2H3,(H2,39,40,41)/b20-16-/t30-,31-,32-/m1/s1. The van der Waals surface area contributed by atoms with Gasteiger partial charge >= 0.3 is 19.8 Å². The number of esters is 2. The Hall–Kier alpha value is -1.29. The van der Waals surface area contributed by atoms with Gasteiger partial charge in [0.25, 0.3) is 0 Å². The van der Waals surface area contributed by atoms with E-state index in [1.807, 2.05) is 6.08 Å². The molecule has 3 atom stereocenters. The lowest BCUT2D eigenvalue weighted by Gasteiger charge is -2.18. The van der Waals surface area contributed by atoms with E-state index >= 15 is 0 Å². The lowest BCUT2D eigenvalue weighted by Crippen LogP contribution is -2.29. The summed E-state index contributed by atoms with van der Waals surface area (Å²) >= 11 is 0. The minimum absolute atomic E-state index is 0.171. The molecule has 0 aliphatic carbocycles. The van der Waals surface area contributed by atoms with Gasteiger partial charge in [-0.2, -0.15) is 0 Å². The number of hydrogen-bond acceptors (Lipinski definition) is 8. The largest absolute Gasteiger partial charge is 0.469 e. The first-order valence-electron chi connectivity index (χ1n) is 17.6. The molecule has 0 heterocycles. The summed E-state index contributed by atoms with van der Waals surface area (Å²) in [5.41, 5.74) is 0. The highest BCUT2D eigenvalue weighted by Crippen LogP contribution is 2.36. The molecule has 10 nitrogen and oxygen atoms in total. The Bertz CT molecular complexity index is 785. The fraction of sp³-hybridized carbons (Fsp3) is 0.882. The Morgan fingerprint density at radius 3 is 1.73 bits per heavy atom. The predicted molar refractivity (Wildman–Crippen MR) is 178 cm³/mol. The van der Waals surface area contributed by atoms with Gasteiger partial charge in [0.1, 0.15) is 6.61 Å². The summed E-state index contributed by atoms with van der Waals surface area (Å²) in [5.74, 6) is -0.996. The average molecular weight is 665 g/mol. The van der Waals surface area contributed by atoms with E-state index in [0.717, 1.165) is 57.8 Å². The maximum atomic E-state index is 12.3. The summed E-state index contributed by atoms with van der Waals surface area (Å²) in [5, 5.41) is 20.3. The third-order valence-corrected chi connectivity index (χ3v) is 8.22. The van der Waals surface area contributed by atoms with E-state index in [1.165, 1.54) is 51.4 Å². The highest BCUT2D eigenvalue weighted by molar-refractivity contribution is 7.46. The first kappa shape index (κ1) is 43.7. The Balaban J connectivity index is 4.11. The van der Waals surface area contributed by atoms with E-state index in [0.29, 0.717) is 25.7 Å². The van der Waals surface area contributed by atoms with Gasteiger partial charge in [-0.1, -0.05) is 122 Å². The van der Waals surface area contributed by atoms with Gasteiger partial charge < -0.3 is 29.5 Å². The van der Waals surface area contributed by atoms with Crippen LogP contribution in [-0.2, 0) is 28.2 Å². The molecule has 266 valence electrons. The number of ether oxygens (including phenoxy) is 2. The van der Waals surface area contributed by atoms with Crippen molar-refractivity contribution in [2.24, 2.45) is 0 Å². The smallest absolute Gasteiger partial charge is 0.462 e. The molecular weight excluding hydrogens is 599 g/mol. The van der Waals surface area contributed by atoms with Crippen LogP contribution in [0.2, 0.25) is 0 Å². The Kier molecular flexibility index (Phi) is 29.2. The van der Waals surface area contributed by atoms with Gasteiger partial charge in [-0.05, 0) is 38.5 Å². The van der Waals surface area contributed by atoms with Crippen molar-refractivity contribution in [3.05, 3.63) is 12.2 Å².